The lowest BCUT2D eigenvalue weighted by Crippen LogP contribution is -2.31. The number of halogens is 1. The molecule has 0 bridgehead atoms. The van der Waals surface area contributed by atoms with Crippen LogP contribution in [0.1, 0.15) is 24.0 Å². The molecule has 1 aromatic heterocycles. The number of benzene rings is 2. The van der Waals surface area contributed by atoms with Crippen LogP contribution in [0.2, 0.25) is 5.02 Å². The largest absolute Gasteiger partial charge is 0.496 e. The normalized spacial score (nSPS) is 16.2. The molecule has 2 aromatic carbocycles. The van der Waals surface area contributed by atoms with E-state index in [1.54, 1.807) is 7.11 Å². The van der Waals surface area contributed by atoms with Gasteiger partial charge in [0.1, 0.15) is 11.6 Å². The second-order valence-electron chi connectivity index (χ2n) is 7.14. The van der Waals surface area contributed by atoms with E-state index >= 15 is 0 Å². The second-order valence-corrected chi connectivity index (χ2v) is 7.58. The van der Waals surface area contributed by atoms with Gasteiger partial charge in [-0.2, -0.15) is 0 Å². The minimum atomic E-state index is -0.310. The molecule has 3 aromatic rings. The van der Waals surface area contributed by atoms with Crippen LogP contribution in [-0.2, 0) is 11.3 Å². The zero-order valence-corrected chi connectivity index (χ0v) is 17.0. The maximum atomic E-state index is 9.04. The molecular formula is C23H23ClN2O3. The highest BCUT2D eigenvalue weighted by molar-refractivity contribution is 6.30. The fourth-order valence-corrected chi connectivity index (χ4v) is 3.97. The molecule has 29 heavy (non-hydrogen) atoms. The molecule has 0 spiro atoms. The molecule has 0 unspecified atom stereocenters. The number of anilines is 1. The molecule has 1 N–H and O–H groups in total. The van der Waals surface area contributed by atoms with Gasteiger partial charge < -0.3 is 9.64 Å². The van der Waals surface area contributed by atoms with E-state index in [9.17, 15) is 0 Å². The first-order chi connectivity index (χ1) is 14.2. The second kappa shape index (κ2) is 8.82. The quantitative estimate of drug-likeness (QED) is 0.434. The first-order valence-electron chi connectivity index (χ1n) is 9.62. The third-order valence-corrected chi connectivity index (χ3v) is 5.47. The highest BCUT2D eigenvalue weighted by Crippen LogP contribution is 2.33. The highest BCUT2D eigenvalue weighted by Gasteiger charge is 2.26. The first-order valence-corrected chi connectivity index (χ1v) is 10.0. The summed E-state index contributed by atoms with van der Waals surface area (Å²) in [5, 5.41) is 9.74. The molecule has 4 rings (SSSR count). The minimum Gasteiger partial charge on any atom is -0.496 e. The van der Waals surface area contributed by atoms with Crippen molar-refractivity contribution in [2.24, 2.45) is 0 Å². The van der Waals surface area contributed by atoms with Crippen LogP contribution in [0.4, 0.5) is 5.82 Å². The van der Waals surface area contributed by atoms with Crippen molar-refractivity contribution in [1.29, 1.82) is 0 Å². The Morgan fingerprint density at radius 2 is 2.00 bits per heavy atom. The van der Waals surface area contributed by atoms with Gasteiger partial charge in [-0.05, 0) is 66.3 Å². The number of aromatic nitrogens is 1. The summed E-state index contributed by atoms with van der Waals surface area (Å²) in [6.45, 7) is 0.832. The lowest BCUT2D eigenvalue weighted by molar-refractivity contribution is -0.275. The molecule has 1 aliphatic rings. The van der Waals surface area contributed by atoms with Crippen LogP contribution < -0.4 is 9.64 Å². The smallest absolute Gasteiger partial charge is 0.165 e. The molecule has 0 amide bonds. The zero-order valence-electron chi connectivity index (χ0n) is 16.2. The molecule has 1 saturated heterocycles. The molecule has 1 fully saturated rings. The number of hydrogen-bond donors (Lipinski definition) is 1. The average Bonchev–Trinajstić information content (AvgIpc) is 3.23. The third kappa shape index (κ3) is 4.37. The van der Waals surface area contributed by atoms with E-state index in [0.29, 0.717) is 5.02 Å². The van der Waals surface area contributed by atoms with E-state index in [0.717, 1.165) is 59.6 Å². The van der Waals surface area contributed by atoms with Crippen LogP contribution >= 0.6 is 11.6 Å². The Labute approximate surface area is 175 Å². The number of methoxy groups -OCH3 is 1. The lowest BCUT2D eigenvalue weighted by Gasteiger charge is -2.22. The van der Waals surface area contributed by atoms with E-state index in [1.165, 1.54) is 0 Å². The van der Waals surface area contributed by atoms with Gasteiger partial charge in [0, 0.05) is 23.3 Å². The Morgan fingerprint density at radius 1 is 1.14 bits per heavy atom. The first kappa shape index (κ1) is 19.7. The Hall–Kier alpha value is -2.60. The summed E-state index contributed by atoms with van der Waals surface area (Å²) >= 11 is 6.17. The Morgan fingerprint density at radius 3 is 2.72 bits per heavy atom. The zero-order chi connectivity index (χ0) is 20.2. The molecule has 1 atom stereocenters. The van der Waals surface area contributed by atoms with Crippen molar-refractivity contribution in [1.82, 2.24) is 4.98 Å². The Kier molecular flexibility index (Phi) is 6.00. The van der Waals surface area contributed by atoms with Gasteiger partial charge in [-0.15, -0.1) is 0 Å². The molecule has 1 aliphatic heterocycles. The van der Waals surface area contributed by atoms with Crippen LogP contribution in [0.25, 0.3) is 11.1 Å². The summed E-state index contributed by atoms with van der Waals surface area (Å²) in [4.78, 5) is 11.1. The topological polar surface area (TPSA) is 54.8 Å². The Balaban J connectivity index is 1.56. The van der Waals surface area contributed by atoms with Gasteiger partial charge in [-0.3, -0.25) is 0 Å². The number of nitrogens with zero attached hydrogens (tertiary/aromatic N) is 2. The minimum absolute atomic E-state index is 0.310. The SMILES string of the molecule is COc1ccc(Cc2ccc(N3CCC[C@H]3OO)nc2)cc1-c1cccc(Cl)c1. The average molecular weight is 411 g/mol. The van der Waals surface area contributed by atoms with Gasteiger partial charge in [-0.1, -0.05) is 35.9 Å². The third-order valence-electron chi connectivity index (χ3n) is 5.23. The molecule has 0 aliphatic carbocycles. The van der Waals surface area contributed by atoms with E-state index in [1.807, 2.05) is 47.5 Å². The molecule has 6 heteroatoms. The van der Waals surface area contributed by atoms with Crippen LogP contribution in [0.15, 0.2) is 60.8 Å². The van der Waals surface area contributed by atoms with Crippen molar-refractivity contribution in [3.8, 4) is 16.9 Å². The summed E-state index contributed by atoms with van der Waals surface area (Å²) < 4.78 is 5.54. The van der Waals surface area contributed by atoms with Crippen molar-refractivity contribution < 1.29 is 14.9 Å². The van der Waals surface area contributed by atoms with Gasteiger partial charge in [0.05, 0.1) is 7.11 Å². The van der Waals surface area contributed by atoms with E-state index in [2.05, 4.69) is 28.1 Å². The van der Waals surface area contributed by atoms with Crippen molar-refractivity contribution in [2.45, 2.75) is 25.5 Å². The van der Waals surface area contributed by atoms with Gasteiger partial charge in [0.2, 0.25) is 0 Å². The monoisotopic (exact) mass is 410 g/mol. The van der Waals surface area contributed by atoms with E-state index < -0.39 is 0 Å². The van der Waals surface area contributed by atoms with Crippen molar-refractivity contribution in [3.63, 3.8) is 0 Å². The van der Waals surface area contributed by atoms with Crippen LogP contribution in [0, 0.1) is 0 Å². The van der Waals surface area contributed by atoms with Crippen molar-refractivity contribution in [3.05, 3.63) is 76.9 Å². The number of hydrogen-bond acceptors (Lipinski definition) is 5. The van der Waals surface area contributed by atoms with Gasteiger partial charge in [0.15, 0.2) is 6.23 Å². The Bertz CT molecular complexity index is 978. The van der Waals surface area contributed by atoms with Crippen LogP contribution in [0.3, 0.4) is 0 Å². The summed E-state index contributed by atoms with van der Waals surface area (Å²) in [5.74, 6) is 1.63. The predicted molar refractivity (Wildman–Crippen MR) is 115 cm³/mol. The van der Waals surface area contributed by atoms with Crippen LogP contribution in [-0.4, -0.2) is 30.1 Å². The maximum absolute atomic E-state index is 9.04. The standard InChI is InChI=1S/C23H23ClN2O3/c1-28-21-9-7-16(13-20(21)18-4-2-5-19(24)14-18)12-17-8-10-22(25-15-17)26-11-3-6-23(26)29-27/h2,4-5,7-10,13-15,23,27H,3,6,11-12H2,1H3/t23-/m1/s1. The predicted octanol–water partition coefficient (Wildman–Crippen LogP) is 5.42. The van der Waals surface area contributed by atoms with Crippen molar-refractivity contribution in [2.75, 3.05) is 18.6 Å². The van der Waals surface area contributed by atoms with E-state index in [-0.39, 0.29) is 6.23 Å². The number of pyridine rings is 1. The molecule has 150 valence electrons. The van der Waals surface area contributed by atoms with Crippen molar-refractivity contribution >= 4 is 17.4 Å². The van der Waals surface area contributed by atoms with Gasteiger partial charge >= 0.3 is 0 Å². The van der Waals surface area contributed by atoms with Gasteiger partial charge in [0.25, 0.3) is 0 Å². The number of rotatable bonds is 6. The molecular weight excluding hydrogens is 388 g/mol. The van der Waals surface area contributed by atoms with E-state index in [4.69, 9.17) is 21.6 Å². The van der Waals surface area contributed by atoms with Crippen LogP contribution in [0.5, 0.6) is 5.75 Å². The maximum Gasteiger partial charge on any atom is 0.165 e. The summed E-state index contributed by atoms with van der Waals surface area (Å²) in [6.07, 6.45) is 4.11. The van der Waals surface area contributed by atoms with Gasteiger partial charge in [-0.25, -0.2) is 15.1 Å². The number of ether oxygens (including phenoxy) is 1. The summed E-state index contributed by atoms with van der Waals surface area (Å²) in [7, 11) is 1.67. The fraction of sp³-hybridized carbons (Fsp3) is 0.261. The molecule has 0 radical (unpaired) electrons. The molecule has 5 nitrogen and oxygen atoms in total. The highest BCUT2D eigenvalue weighted by atomic mass is 35.5. The summed E-state index contributed by atoms with van der Waals surface area (Å²) in [5.41, 5.74) is 4.30. The fourth-order valence-electron chi connectivity index (χ4n) is 3.78. The lowest BCUT2D eigenvalue weighted by atomic mass is 9.99. The molecule has 0 saturated carbocycles. The molecule has 2 heterocycles. The summed E-state index contributed by atoms with van der Waals surface area (Å²) in [6, 6.07) is 18.0.